The van der Waals surface area contributed by atoms with E-state index in [1.54, 1.807) is 18.3 Å². The van der Waals surface area contributed by atoms with Gasteiger partial charge >= 0.3 is 0 Å². The predicted octanol–water partition coefficient (Wildman–Crippen LogP) is 4.56. The van der Waals surface area contributed by atoms with Crippen molar-refractivity contribution in [2.45, 2.75) is 40.0 Å². The monoisotopic (exact) mass is 332 g/mol. The SMILES string of the molecule is C[SiH](C)OC(c1c(F)cccc1-c1ccc(N)nc1)C(C)(C)C. The zero-order valence-electron chi connectivity index (χ0n) is 14.4. The summed E-state index contributed by atoms with van der Waals surface area (Å²) in [4.78, 5) is 4.13. The summed E-state index contributed by atoms with van der Waals surface area (Å²) in [5.41, 5.74) is 7.71. The predicted molar refractivity (Wildman–Crippen MR) is 96.2 cm³/mol. The molecule has 2 rings (SSSR count). The molecule has 1 heterocycles. The molecule has 5 heteroatoms. The second-order valence-electron chi connectivity index (χ2n) is 7.10. The number of nitrogen functional groups attached to an aromatic ring is 1. The quantitative estimate of drug-likeness (QED) is 0.835. The fourth-order valence-electron chi connectivity index (χ4n) is 2.60. The van der Waals surface area contributed by atoms with Gasteiger partial charge in [-0.3, -0.25) is 0 Å². The number of pyridine rings is 1. The molecule has 1 atom stereocenters. The zero-order valence-corrected chi connectivity index (χ0v) is 15.6. The van der Waals surface area contributed by atoms with Gasteiger partial charge in [-0.2, -0.15) is 0 Å². The van der Waals surface area contributed by atoms with Crippen LogP contribution in [0.25, 0.3) is 11.1 Å². The van der Waals surface area contributed by atoms with Crippen molar-refractivity contribution in [3.8, 4) is 11.1 Å². The molecule has 0 aliphatic carbocycles. The van der Waals surface area contributed by atoms with E-state index in [0.717, 1.165) is 11.1 Å². The Morgan fingerprint density at radius 1 is 1.17 bits per heavy atom. The first-order chi connectivity index (χ1) is 10.7. The van der Waals surface area contributed by atoms with Gasteiger partial charge in [0.25, 0.3) is 0 Å². The van der Waals surface area contributed by atoms with E-state index < -0.39 is 9.04 Å². The van der Waals surface area contributed by atoms with Crippen LogP contribution in [0.4, 0.5) is 10.2 Å². The van der Waals surface area contributed by atoms with Crippen molar-refractivity contribution in [3.05, 3.63) is 47.9 Å². The second-order valence-corrected chi connectivity index (χ2v) is 9.47. The largest absolute Gasteiger partial charge is 0.413 e. The third-order valence-corrected chi connectivity index (χ3v) is 4.42. The minimum Gasteiger partial charge on any atom is -0.413 e. The molecule has 2 aromatic rings. The number of halogens is 1. The van der Waals surface area contributed by atoms with Crippen LogP contribution in [-0.4, -0.2) is 14.0 Å². The normalized spacial score (nSPS) is 13.3. The molecule has 124 valence electrons. The summed E-state index contributed by atoms with van der Waals surface area (Å²) in [6, 6.07) is 8.72. The minimum absolute atomic E-state index is 0.213. The molecule has 0 saturated carbocycles. The van der Waals surface area contributed by atoms with Crippen molar-refractivity contribution in [2.24, 2.45) is 5.41 Å². The first-order valence-corrected chi connectivity index (χ1v) is 10.6. The van der Waals surface area contributed by atoms with E-state index in [1.807, 2.05) is 12.1 Å². The average Bonchev–Trinajstić information content (AvgIpc) is 2.44. The summed E-state index contributed by atoms with van der Waals surface area (Å²) in [5.74, 6) is 0.207. The Bertz CT molecular complexity index is 666. The van der Waals surface area contributed by atoms with Gasteiger partial charge in [-0.1, -0.05) is 32.9 Å². The zero-order chi connectivity index (χ0) is 17.2. The number of anilines is 1. The summed E-state index contributed by atoms with van der Waals surface area (Å²) in [5, 5.41) is 0. The van der Waals surface area contributed by atoms with Crippen LogP contribution >= 0.6 is 0 Å². The van der Waals surface area contributed by atoms with Crippen LogP contribution in [0.2, 0.25) is 13.1 Å². The van der Waals surface area contributed by atoms with Gasteiger partial charge in [0.2, 0.25) is 0 Å². The Labute approximate surface area is 139 Å². The van der Waals surface area contributed by atoms with Gasteiger partial charge < -0.3 is 10.2 Å². The molecule has 0 amide bonds. The molecule has 0 saturated heterocycles. The van der Waals surface area contributed by atoms with Crippen molar-refractivity contribution in [1.29, 1.82) is 0 Å². The molecule has 0 bridgehead atoms. The van der Waals surface area contributed by atoms with Gasteiger partial charge in [-0.05, 0) is 42.3 Å². The van der Waals surface area contributed by atoms with E-state index in [0.29, 0.717) is 11.4 Å². The molecular weight excluding hydrogens is 307 g/mol. The minimum atomic E-state index is -1.34. The van der Waals surface area contributed by atoms with E-state index in [2.05, 4.69) is 38.8 Å². The lowest BCUT2D eigenvalue weighted by Gasteiger charge is -2.34. The van der Waals surface area contributed by atoms with Crippen LogP contribution in [0.15, 0.2) is 36.5 Å². The van der Waals surface area contributed by atoms with Gasteiger partial charge in [-0.15, -0.1) is 0 Å². The highest BCUT2D eigenvalue weighted by Crippen LogP contribution is 2.42. The van der Waals surface area contributed by atoms with Crippen LogP contribution in [0, 0.1) is 11.2 Å². The van der Waals surface area contributed by atoms with Crippen LogP contribution in [-0.2, 0) is 4.43 Å². The molecule has 1 aromatic carbocycles. The number of aromatic nitrogens is 1. The smallest absolute Gasteiger partial charge is 0.171 e. The molecule has 0 spiro atoms. The molecule has 2 N–H and O–H groups in total. The topological polar surface area (TPSA) is 48.1 Å². The fourth-order valence-corrected chi connectivity index (χ4v) is 3.69. The highest BCUT2D eigenvalue weighted by Gasteiger charge is 2.32. The van der Waals surface area contributed by atoms with Gasteiger partial charge in [0.05, 0.1) is 6.10 Å². The fraction of sp³-hybridized carbons (Fsp3) is 0.389. The Kier molecular flexibility index (Phi) is 5.22. The Hall–Kier alpha value is -1.72. The lowest BCUT2D eigenvalue weighted by molar-refractivity contribution is 0.0837. The molecule has 1 aromatic heterocycles. The van der Waals surface area contributed by atoms with Crippen LogP contribution < -0.4 is 5.73 Å². The maximum Gasteiger partial charge on any atom is 0.171 e. The summed E-state index contributed by atoms with van der Waals surface area (Å²) >= 11 is 0. The third-order valence-electron chi connectivity index (χ3n) is 3.61. The number of nitrogens with two attached hydrogens (primary N) is 1. The van der Waals surface area contributed by atoms with Crippen molar-refractivity contribution in [2.75, 3.05) is 5.73 Å². The summed E-state index contributed by atoms with van der Waals surface area (Å²) in [6.07, 6.45) is 1.38. The van der Waals surface area contributed by atoms with E-state index in [-0.39, 0.29) is 17.3 Å². The summed E-state index contributed by atoms with van der Waals surface area (Å²) in [7, 11) is -1.34. The molecule has 0 aliphatic heterocycles. The molecule has 23 heavy (non-hydrogen) atoms. The maximum atomic E-state index is 14.7. The number of hydrogen-bond acceptors (Lipinski definition) is 3. The molecule has 3 nitrogen and oxygen atoms in total. The number of nitrogens with zero attached hydrogens (tertiary/aromatic N) is 1. The van der Waals surface area contributed by atoms with Gasteiger partial charge in [0.15, 0.2) is 9.04 Å². The van der Waals surface area contributed by atoms with Crippen molar-refractivity contribution < 1.29 is 8.82 Å². The molecule has 0 fully saturated rings. The molecule has 0 aliphatic rings. The lowest BCUT2D eigenvalue weighted by atomic mass is 9.81. The van der Waals surface area contributed by atoms with Crippen LogP contribution in [0.3, 0.4) is 0 Å². The van der Waals surface area contributed by atoms with Crippen molar-refractivity contribution in [3.63, 3.8) is 0 Å². The molecular formula is C18H25FN2OSi. The van der Waals surface area contributed by atoms with Crippen LogP contribution in [0.1, 0.15) is 32.4 Å². The standard InChI is InChI=1S/C18H25FN2OSi/c1-18(2,3)17(22-23(4)5)16-13(7-6-8-14(16)19)12-9-10-15(20)21-11-12/h6-11,17,23H,1-5H3,(H2,20,21). The Balaban J connectivity index is 2.62. The number of hydrogen-bond donors (Lipinski definition) is 1. The lowest BCUT2D eigenvalue weighted by Crippen LogP contribution is -2.27. The summed E-state index contributed by atoms with van der Waals surface area (Å²) < 4.78 is 21.0. The first-order valence-electron chi connectivity index (χ1n) is 7.86. The third kappa shape index (κ3) is 4.18. The van der Waals surface area contributed by atoms with Crippen molar-refractivity contribution in [1.82, 2.24) is 4.98 Å². The van der Waals surface area contributed by atoms with E-state index in [1.165, 1.54) is 6.07 Å². The highest BCUT2D eigenvalue weighted by molar-refractivity contribution is 6.48. The number of benzene rings is 1. The average molecular weight is 332 g/mol. The number of rotatable bonds is 4. The van der Waals surface area contributed by atoms with Crippen molar-refractivity contribution >= 4 is 14.9 Å². The van der Waals surface area contributed by atoms with E-state index >= 15 is 0 Å². The summed E-state index contributed by atoms with van der Waals surface area (Å²) in [6.45, 7) is 10.4. The van der Waals surface area contributed by atoms with Gasteiger partial charge in [0.1, 0.15) is 11.6 Å². The van der Waals surface area contributed by atoms with Crippen LogP contribution in [0.5, 0.6) is 0 Å². The van der Waals surface area contributed by atoms with E-state index in [9.17, 15) is 4.39 Å². The molecule has 0 radical (unpaired) electrons. The van der Waals surface area contributed by atoms with Gasteiger partial charge in [0, 0.05) is 17.3 Å². The maximum absolute atomic E-state index is 14.7. The highest BCUT2D eigenvalue weighted by atomic mass is 28.3. The Morgan fingerprint density at radius 3 is 2.39 bits per heavy atom. The Morgan fingerprint density at radius 2 is 1.87 bits per heavy atom. The second kappa shape index (κ2) is 6.80. The van der Waals surface area contributed by atoms with Gasteiger partial charge in [-0.25, -0.2) is 9.37 Å². The van der Waals surface area contributed by atoms with E-state index in [4.69, 9.17) is 10.2 Å². The molecule has 1 unspecified atom stereocenters. The first kappa shape index (κ1) is 17.6.